The Hall–Kier alpha value is -1.44. The molecule has 0 unspecified atom stereocenters. The average Bonchev–Trinajstić information content (AvgIpc) is 2.84. The predicted molar refractivity (Wildman–Crippen MR) is 91.4 cm³/mol. The van der Waals surface area contributed by atoms with Crippen molar-refractivity contribution in [3.8, 4) is 0 Å². The third-order valence-electron chi connectivity index (χ3n) is 4.00. The number of hydrogen-bond acceptors (Lipinski definition) is 3. The van der Waals surface area contributed by atoms with Gasteiger partial charge in [-0.15, -0.1) is 0 Å². The molecule has 1 aliphatic heterocycles. The lowest BCUT2D eigenvalue weighted by molar-refractivity contribution is 0.427. The summed E-state index contributed by atoms with van der Waals surface area (Å²) < 4.78 is 53.1. The van der Waals surface area contributed by atoms with E-state index in [1.54, 1.807) is 11.8 Å². The minimum atomic E-state index is -3.82. The first kappa shape index (κ1) is 17.4. The fourth-order valence-electron chi connectivity index (χ4n) is 2.71. The van der Waals surface area contributed by atoms with Crippen LogP contribution in [0.25, 0.3) is 0 Å². The summed E-state index contributed by atoms with van der Waals surface area (Å²) in [6.07, 6.45) is 0.678. The van der Waals surface area contributed by atoms with Crippen LogP contribution >= 0.6 is 11.8 Å². The quantitative estimate of drug-likeness (QED) is 0.825. The summed E-state index contributed by atoms with van der Waals surface area (Å²) in [7, 11) is -3.82. The van der Waals surface area contributed by atoms with Crippen LogP contribution < -0.4 is 0 Å². The first-order valence-electron chi connectivity index (χ1n) is 7.60. The molecular weight excluding hydrogens is 352 g/mol. The molecule has 1 heterocycles. The molecule has 3 nitrogen and oxygen atoms in total. The predicted octanol–water partition coefficient (Wildman–Crippen LogP) is 3.83. The van der Waals surface area contributed by atoms with Crippen LogP contribution in [0.15, 0.2) is 53.4 Å². The minimum absolute atomic E-state index is 0.204. The van der Waals surface area contributed by atoms with Gasteiger partial charge in [-0.1, -0.05) is 30.3 Å². The summed E-state index contributed by atoms with van der Waals surface area (Å²) in [6, 6.07) is 12.7. The van der Waals surface area contributed by atoms with Gasteiger partial charge in [0.25, 0.3) is 0 Å². The number of nitrogens with zero attached hydrogens (tertiary/aromatic N) is 1. The maximum absolute atomic E-state index is 13.4. The van der Waals surface area contributed by atoms with E-state index in [0.29, 0.717) is 25.3 Å². The van der Waals surface area contributed by atoms with E-state index in [1.807, 2.05) is 30.3 Å². The Morgan fingerprint density at radius 1 is 1.00 bits per heavy atom. The van der Waals surface area contributed by atoms with Crippen molar-refractivity contribution in [2.24, 2.45) is 0 Å². The summed E-state index contributed by atoms with van der Waals surface area (Å²) in [6.45, 7) is 0.712. The Balaban J connectivity index is 1.79. The average molecular weight is 369 g/mol. The molecule has 0 spiro atoms. The number of sulfonamides is 1. The molecular formula is C17H17F2NO2S2. The van der Waals surface area contributed by atoms with Crippen molar-refractivity contribution in [2.45, 2.75) is 16.6 Å². The molecule has 0 radical (unpaired) electrons. The van der Waals surface area contributed by atoms with Crippen molar-refractivity contribution in [3.05, 3.63) is 65.7 Å². The van der Waals surface area contributed by atoms with Crippen LogP contribution in [0.2, 0.25) is 0 Å². The zero-order valence-corrected chi connectivity index (χ0v) is 14.5. The lowest BCUT2D eigenvalue weighted by atomic mass is 10.1. The number of rotatable bonds is 3. The van der Waals surface area contributed by atoms with E-state index < -0.39 is 21.7 Å². The van der Waals surface area contributed by atoms with Gasteiger partial charge in [-0.05, 0) is 30.2 Å². The molecule has 0 amide bonds. The zero-order valence-electron chi connectivity index (χ0n) is 12.9. The third kappa shape index (κ3) is 3.63. The Kier molecular flexibility index (Phi) is 5.22. The standard InChI is InChI=1S/C17H17F2NO2S2/c18-15-7-6-14(12-16(15)19)24(21,22)20-9-8-17(23-11-10-20)13-4-2-1-3-5-13/h1-7,12,17H,8-11H2/t17-/m0/s1. The molecule has 128 valence electrons. The Morgan fingerprint density at radius 2 is 1.75 bits per heavy atom. The number of halogens is 2. The fourth-order valence-corrected chi connectivity index (χ4v) is 5.53. The highest BCUT2D eigenvalue weighted by molar-refractivity contribution is 7.99. The van der Waals surface area contributed by atoms with Gasteiger partial charge in [0.05, 0.1) is 4.90 Å². The number of thioether (sulfide) groups is 1. The van der Waals surface area contributed by atoms with E-state index in [4.69, 9.17) is 0 Å². The van der Waals surface area contributed by atoms with Gasteiger partial charge in [-0.25, -0.2) is 17.2 Å². The van der Waals surface area contributed by atoms with Gasteiger partial charge in [0, 0.05) is 24.1 Å². The van der Waals surface area contributed by atoms with Gasteiger partial charge in [0.2, 0.25) is 10.0 Å². The van der Waals surface area contributed by atoms with E-state index in [9.17, 15) is 17.2 Å². The lowest BCUT2D eigenvalue weighted by Crippen LogP contribution is -2.33. The highest BCUT2D eigenvalue weighted by Gasteiger charge is 2.29. The fraction of sp³-hybridized carbons (Fsp3) is 0.294. The third-order valence-corrected chi connectivity index (χ3v) is 7.22. The first-order chi connectivity index (χ1) is 11.5. The molecule has 2 aromatic carbocycles. The van der Waals surface area contributed by atoms with Gasteiger partial charge in [0.15, 0.2) is 11.6 Å². The van der Waals surface area contributed by atoms with E-state index in [0.717, 1.165) is 18.2 Å². The molecule has 3 rings (SSSR count). The lowest BCUT2D eigenvalue weighted by Gasteiger charge is -2.20. The van der Waals surface area contributed by atoms with Crippen molar-refractivity contribution < 1.29 is 17.2 Å². The second kappa shape index (κ2) is 7.21. The molecule has 2 aromatic rings. The molecule has 7 heteroatoms. The van der Waals surface area contributed by atoms with Crippen LogP contribution in [0, 0.1) is 11.6 Å². The van der Waals surface area contributed by atoms with Gasteiger partial charge in [-0.2, -0.15) is 16.1 Å². The first-order valence-corrected chi connectivity index (χ1v) is 10.1. The van der Waals surface area contributed by atoms with Crippen LogP contribution in [-0.4, -0.2) is 31.6 Å². The minimum Gasteiger partial charge on any atom is -0.207 e. The molecule has 0 N–H and O–H groups in total. The summed E-state index contributed by atoms with van der Waals surface area (Å²) >= 11 is 1.72. The molecule has 1 aliphatic rings. The maximum atomic E-state index is 13.4. The number of benzene rings is 2. The Bertz CT molecular complexity index is 813. The van der Waals surface area contributed by atoms with Gasteiger partial charge in [-0.3, -0.25) is 0 Å². The smallest absolute Gasteiger partial charge is 0.207 e. The van der Waals surface area contributed by atoms with Gasteiger partial charge in [0.1, 0.15) is 0 Å². The molecule has 1 saturated heterocycles. The summed E-state index contributed by atoms with van der Waals surface area (Å²) in [5.41, 5.74) is 1.18. The van der Waals surface area contributed by atoms with E-state index in [-0.39, 0.29) is 10.1 Å². The van der Waals surface area contributed by atoms with Crippen LogP contribution in [-0.2, 0) is 10.0 Å². The molecule has 0 saturated carbocycles. The van der Waals surface area contributed by atoms with Gasteiger partial charge >= 0.3 is 0 Å². The largest absolute Gasteiger partial charge is 0.243 e. The molecule has 0 aliphatic carbocycles. The highest BCUT2D eigenvalue weighted by Crippen LogP contribution is 2.35. The second-order valence-corrected chi connectivity index (χ2v) is 8.79. The summed E-state index contributed by atoms with van der Waals surface area (Å²) in [5.74, 6) is -1.55. The molecule has 0 aromatic heterocycles. The number of hydrogen-bond donors (Lipinski definition) is 0. The van der Waals surface area contributed by atoms with Crippen molar-refractivity contribution in [3.63, 3.8) is 0 Å². The van der Waals surface area contributed by atoms with Crippen LogP contribution in [0.5, 0.6) is 0 Å². The Morgan fingerprint density at radius 3 is 2.46 bits per heavy atom. The van der Waals surface area contributed by atoms with E-state index in [1.165, 1.54) is 9.87 Å². The topological polar surface area (TPSA) is 37.4 Å². The SMILES string of the molecule is O=S(=O)(c1ccc(F)c(F)c1)N1CCS[C@H](c2ccccc2)CC1. The van der Waals surface area contributed by atoms with Crippen molar-refractivity contribution in [2.75, 3.05) is 18.8 Å². The van der Waals surface area contributed by atoms with Crippen molar-refractivity contribution >= 4 is 21.8 Å². The van der Waals surface area contributed by atoms with E-state index >= 15 is 0 Å². The summed E-state index contributed by atoms with van der Waals surface area (Å²) in [4.78, 5) is -0.204. The maximum Gasteiger partial charge on any atom is 0.243 e. The molecule has 1 atom stereocenters. The highest BCUT2D eigenvalue weighted by atomic mass is 32.2. The zero-order chi connectivity index (χ0) is 17.2. The van der Waals surface area contributed by atoms with Crippen LogP contribution in [0.1, 0.15) is 17.2 Å². The molecule has 0 bridgehead atoms. The van der Waals surface area contributed by atoms with Crippen molar-refractivity contribution in [1.29, 1.82) is 0 Å². The van der Waals surface area contributed by atoms with Crippen LogP contribution in [0.4, 0.5) is 8.78 Å². The monoisotopic (exact) mass is 369 g/mol. The van der Waals surface area contributed by atoms with E-state index in [2.05, 4.69) is 0 Å². The second-order valence-electron chi connectivity index (χ2n) is 5.54. The normalized spacial score (nSPS) is 19.8. The van der Waals surface area contributed by atoms with Crippen LogP contribution in [0.3, 0.4) is 0 Å². The van der Waals surface area contributed by atoms with Crippen molar-refractivity contribution in [1.82, 2.24) is 4.31 Å². The Labute approximate surface area is 144 Å². The molecule has 24 heavy (non-hydrogen) atoms. The molecule has 1 fully saturated rings. The van der Waals surface area contributed by atoms with Gasteiger partial charge < -0.3 is 0 Å². The summed E-state index contributed by atoms with van der Waals surface area (Å²) in [5, 5.41) is 0.233.